The Morgan fingerprint density at radius 1 is 1.03 bits per heavy atom. The number of rotatable bonds is 8. The molecule has 190 valence electrons. The van der Waals surface area contributed by atoms with Gasteiger partial charge in [0.05, 0.1) is 21.4 Å². The van der Waals surface area contributed by atoms with Crippen molar-refractivity contribution in [2.24, 2.45) is 5.84 Å². The smallest absolute Gasteiger partial charge is 0.356 e. The summed E-state index contributed by atoms with van der Waals surface area (Å²) in [5, 5.41) is 12.7. The predicted octanol–water partition coefficient (Wildman–Crippen LogP) is 5.28. The molecule has 8 nitrogen and oxygen atoms in total. The van der Waals surface area contributed by atoms with Gasteiger partial charge in [-0.15, -0.1) is 0 Å². The Bertz CT molecular complexity index is 1510. The van der Waals surface area contributed by atoms with Crippen LogP contribution in [0.5, 0.6) is 0 Å². The van der Waals surface area contributed by atoms with Gasteiger partial charge in [-0.3, -0.25) is 14.8 Å². The average Bonchev–Trinajstić information content (AvgIpc) is 3.28. The number of carboxylic acid groups (broad SMARTS) is 1. The molecule has 3 aromatic carbocycles. The van der Waals surface area contributed by atoms with Crippen LogP contribution in [0.25, 0.3) is 28.3 Å². The van der Waals surface area contributed by atoms with Crippen LogP contribution in [0.2, 0.25) is 10.0 Å². The quantitative estimate of drug-likeness (QED) is 0.136. The van der Waals surface area contributed by atoms with Crippen molar-refractivity contribution in [1.82, 2.24) is 15.0 Å². The number of imidazole rings is 1. The van der Waals surface area contributed by atoms with E-state index in [1.54, 1.807) is 24.3 Å². The number of halogens is 4. The van der Waals surface area contributed by atoms with Gasteiger partial charge in [-0.1, -0.05) is 41.4 Å². The molecule has 4 aromatic rings. The monoisotopic (exact) mass is 545 g/mol. The van der Waals surface area contributed by atoms with Crippen LogP contribution in [-0.2, 0) is 4.79 Å². The summed E-state index contributed by atoms with van der Waals surface area (Å²) < 4.78 is 30.6. The fraction of sp³-hybridized carbons (Fsp3) is 0.0800. The summed E-state index contributed by atoms with van der Waals surface area (Å²) in [6.45, 7) is 0.193. The molecule has 1 amide bonds. The van der Waals surface area contributed by atoms with Gasteiger partial charge in [0, 0.05) is 29.8 Å². The normalized spacial score (nSPS) is 10.8. The number of hydrogen-bond acceptors (Lipinski definition) is 5. The van der Waals surface area contributed by atoms with Crippen molar-refractivity contribution in [3.63, 3.8) is 0 Å². The van der Waals surface area contributed by atoms with Crippen molar-refractivity contribution in [2.45, 2.75) is 6.42 Å². The average molecular weight is 546 g/mol. The number of hydrazine groups is 1. The van der Waals surface area contributed by atoms with Gasteiger partial charge >= 0.3 is 5.97 Å². The molecule has 0 aliphatic rings. The van der Waals surface area contributed by atoms with Gasteiger partial charge in [0.1, 0.15) is 11.6 Å². The van der Waals surface area contributed by atoms with Gasteiger partial charge < -0.3 is 10.4 Å². The maximum Gasteiger partial charge on any atom is 0.356 e. The van der Waals surface area contributed by atoms with E-state index in [-0.39, 0.29) is 45.8 Å². The first-order valence-corrected chi connectivity index (χ1v) is 11.6. The number of aromatic nitrogens is 2. The van der Waals surface area contributed by atoms with Gasteiger partial charge in [-0.05, 0) is 42.5 Å². The van der Waals surface area contributed by atoms with Crippen molar-refractivity contribution in [3.05, 3.63) is 88.0 Å². The number of nitrogens with one attached hydrogen (secondary N) is 2. The molecular formula is C25H19Cl2F2N5O3. The Balaban J connectivity index is 2.01. The van der Waals surface area contributed by atoms with Crippen LogP contribution in [-0.4, -0.2) is 33.1 Å². The molecule has 0 unspecified atom stereocenters. The second-order valence-corrected chi connectivity index (χ2v) is 8.58. The molecule has 0 aliphatic carbocycles. The minimum atomic E-state index is -1.40. The Morgan fingerprint density at radius 2 is 1.78 bits per heavy atom. The van der Waals surface area contributed by atoms with Crippen LogP contribution in [0.15, 0.2) is 60.7 Å². The van der Waals surface area contributed by atoms with Crippen molar-refractivity contribution in [3.8, 4) is 28.3 Å². The summed E-state index contributed by atoms with van der Waals surface area (Å²) in [5.41, 5.74) is 2.56. The topological polar surface area (TPSA) is 122 Å². The lowest BCUT2D eigenvalue weighted by Gasteiger charge is -2.17. The van der Waals surface area contributed by atoms with E-state index in [0.717, 1.165) is 6.07 Å². The van der Waals surface area contributed by atoms with E-state index in [1.165, 1.54) is 34.9 Å². The first-order chi connectivity index (χ1) is 17.7. The summed E-state index contributed by atoms with van der Waals surface area (Å²) in [7, 11) is 0. The molecule has 0 saturated heterocycles. The minimum Gasteiger partial charge on any atom is -0.476 e. The van der Waals surface area contributed by atoms with Gasteiger partial charge in [-0.25, -0.2) is 24.4 Å². The lowest BCUT2D eigenvalue weighted by molar-refractivity contribution is -0.120. The number of para-hydroxylation sites is 1. The summed E-state index contributed by atoms with van der Waals surface area (Å²) in [6.07, 6.45) is 0.0574. The molecule has 0 spiro atoms. The van der Waals surface area contributed by atoms with Crippen LogP contribution in [0, 0.1) is 11.6 Å². The molecule has 0 bridgehead atoms. The molecular weight excluding hydrogens is 527 g/mol. The van der Waals surface area contributed by atoms with E-state index >= 15 is 4.39 Å². The highest BCUT2D eigenvalue weighted by molar-refractivity contribution is 6.31. The van der Waals surface area contributed by atoms with Gasteiger partial charge in [-0.2, -0.15) is 0 Å². The van der Waals surface area contributed by atoms with Crippen LogP contribution in [0.1, 0.15) is 16.9 Å². The van der Waals surface area contributed by atoms with Crippen molar-refractivity contribution in [1.29, 1.82) is 0 Å². The van der Waals surface area contributed by atoms with Crippen LogP contribution >= 0.6 is 23.2 Å². The lowest BCUT2D eigenvalue weighted by atomic mass is 10.1. The third kappa shape index (κ3) is 5.26. The number of carboxylic acids is 1. The Morgan fingerprint density at radius 3 is 2.49 bits per heavy atom. The number of aromatic carboxylic acids is 1. The van der Waals surface area contributed by atoms with Crippen LogP contribution < -0.4 is 16.6 Å². The zero-order chi connectivity index (χ0) is 26.7. The molecule has 1 aromatic heterocycles. The van der Waals surface area contributed by atoms with E-state index in [9.17, 15) is 19.1 Å². The van der Waals surface area contributed by atoms with E-state index in [0.29, 0.717) is 11.3 Å². The summed E-state index contributed by atoms with van der Waals surface area (Å²) in [5.74, 6) is 1.86. The molecule has 0 atom stereocenters. The molecule has 4 rings (SSSR count). The highest BCUT2D eigenvalue weighted by Crippen LogP contribution is 2.38. The number of carbonyl (C=O) groups excluding carboxylic acids is 1. The number of nitrogens with zero attached hydrogens (tertiary/aromatic N) is 2. The Labute approximate surface area is 219 Å². The minimum absolute atomic E-state index is 0.0390. The zero-order valence-electron chi connectivity index (χ0n) is 18.9. The predicted molar refractivity (Wildman–Crippen MR) is 137 cm³/mol. The molecule has 0 saturated carbocycles. The van der Waals surface area contributed by atoms with E-state index in [1.807, 2.05) is 5.43 Å². The lowest BCUT2D eigenvalue weighted by Crippen LogP contribution is -2.31. The summed E-state index contributed by atoms with van der Waals surface area (Å²) in [4.78, 5) is 28.2. The van der Waals surface area contributed by atoms with Crippen molar-refractivity contribution >= 4 is 40.8 Å². The van der Waals surface area contributed by atoms with Crippen LogP contribution in [0.4, 0.5) is 14.5 Å². The van der Waals surface area contributed by atoms with Gasteiger partial charge in [0.15, 0.2) is 11.5 Å². The number of carbonyl (C=O) groups is 2. The SMILES string of the molecule is NNC(=O)CCNc1ccccc1-c1nc(C(=O)O)c(-c2ccc(F)c(Cl)c2)n1-c1cccc(Cl)c1F. The molecule has 0 fully saturated rings. The summed E-state index contributed by atoms with van der Waals surface area (Å²) in [6, 6.07) is 14.7. The molecule has 1 heterocycles. The molecule has 37 heavy (non-hydrogen) atoms. The highest BCUT2D eigenvalue weighted by atomic mass is 35.5. The van der Waals surface area contributed by atoms with E-state index < -0.39 is 29.2 Å². The van der Waals surface area contributed by atoms with Crippen molar-refractivity contribution < 1.29 is 23.5 Å². The maximum absolute atomic E-state index is 15.4. The number of hydrogen-bond donors (Lipinski definition) is 4. The largest absolute Gasteiger partial charge is 0.476 e. The first kappa shape index (κ1) is 26.1. The molecule has 12 heteroatoms. The number of nitrogens with two attached hydrogens (primary N) is 1. The zero-order valence-corrected chi connectivity index (χ0v) is 20.4. The Hall–Kier alpha value is -3.99. The second kappa shape index (κ2) is 11.0. The summed E-state index contributed by atoms with van der Waals surface area (Å²) >= 11 is 12.1. The maximum atomic E-state index is 15.4. The second-order valence-electron chi connectivity index (χ2n) is 7.76. The first-order valence-electron chi connectivity index (χ1n) is 10.8. The molecule has 0 aliphatic heterocycles. The molecule has 5 N–H and O–H groups in total. The number of benzene rings is 3. The standard InChI is InChI=1S/C25H19Cl2F2N5O3/c26-15-5-3-7-19(21(15)29)34-23(13-8-9-17(28)16(27)12-13)22(25(36)37)32-24(34)14-4-1-2-6-18(14)31-11-10-20(35)33-30/h1-9,12,31H,10-11,30H2,(H,33,35)(H,36,37). The van der Waals surface area contributed by atoms with Gasteiger partial charge in [0.2, 0.25) is 5.91 Å². The van der Waals surface area contributed by atoms with Crippen molar-refractivity contribution in [2.75, 3.05) is 11.9 Å². The van der Waals surface area contributed by atoms with E-state index in [4.69, 9.17) is 29.0 Å². The fourth-order valence-electron chi connectivity index (χ4n) is 3.77. The third-order valence-electron chi connectivity index (χ3n) is 5.44. The fourth-order valence-corrected chi connectivity index (χ4v) is 4.12. The van der Waals surface area contributed by atoms with Gasteiger partial charge in [0.25, 0.3) is 0 Å². The molecule has 0 radical (unpaired) electrons. The third-order valence-corrected chi connectivity index (χ3v) is 6.02. The Kier molecular flexibility index (Phi) is 7.72. The number of anilines is 1. The van der Waals surface area contributed by atoms with E-state index in [2.05, 4.69) is 10.3 Å². The van der Waals surface area contributed by atoms with Crippen LogP contribution in [0.3, 0.4) is 0 Å². The number of amides is 1. The highest BCUT2D eigenvalue weighted by Gasteiger charge is 2.28.